The van der Waals surface area contributed by atoms with Crippen LogP contribution in [0.5, 0.6) is 0 Å². The number of hydrogen-bond acceptors (Lipinski definition) is 3. The number of carbonyl (C=O) groups is 1. The lowest BCUT2D eigenvalue weighted by molar-refractivity contribution is -0.115. The van der Waals surface area contributed by atoms with Gasteiger partial charge < -0.3 is 15.0 Å². The first kappa shape index (κ1) is 16.2. The van der Waals surface area contributed by atoms with E-state index in [9.17, 15) is 4.79 Å². The van der Waals surface area contributed by atoms with Crippen LogP contribution in [0.2, 0.25) is 0 Å². The molecule has 5 heteroatoms. The second kappa shape index (κ2) is 6.71. The third-order valence-corrected chi connectivity index (χ3v) is 4.70. The second-order valence-corrected chi connectivity index (χ2v) is 6.62. The first-order chi connectivity index (χ1) is 9.96. The van der Waals surface area contributed by atoms with E-state index in [4.69, 9.17) is 17.0 Å². The van der Waals surface area contributed by atoms with Crippen LogP contribution >= 0.6 is 12.2 Å². The molecule has 0 aromatic carbocycles. The van der Waals surface area contributed by atoms with Gasteiger partial charge in [0.1, 0.15) is 4.64 Å². The minimum atomic E-state index is -0.109. The Bertz CT molecular complexity index is 553. The molecule has 1 amide bonds. The number of amides is 1. The monoisotopic (exact) mass is 308 g/mol. The van der Waals surface area contributed by atoms with Crippen molar-refractivity contribution >= 4 is 18.1 Å². The van der Waals surface area contributed by atoms with Crippen LogP contribution in [0.15, 0.2) is 18.3 Å². The van der Waals surface area contributed by atoms with Gasteiger partial charge in [0, 0.05) is 24.3 Å². The van der Waals surface area contributed by atoms with Crippen LogP contribution in [-0.2, 0) is 4.74 Å². The van der Waals surface area contributed by atoms with E-state index < -0.39 is 0 Å². The van der Waals surface area contributed by atoms with Crippen molar-refractivity contribution < 1.29 is 9.53 Å². The van der Waals surface area contributed by atoms with Gasteiger partial charge in [-0.05, 0) is 25.0 Å². The summed E-state index contributed by atoms with van der Waals surface area (Å²) in [7, 11) is 0. The molecule has 0 saturated heterocycles. The number of rotatable bonds is 6. The van der Waals surface area contributed by atoms with Crippen molar-refractivity contribution in [2.45, 2.75) is 52.2 Å². The van der Waals surface area contributed by atoms with E-state index in [1.54, 1.807) is 18.3 Å². The van der Waals surface area contributed by atoms with Crippen LogP contribution in [-0.4, -0.2) is 29.6 Å². The molecular weight excluding hydrogens is 284 g/mol. The predicted octanol–water partition coefficient (Wildman–Crippen LogP) is 3.46. The number of pyridine rings is 1. The molecule has 1 aliphatic rings. The van der Waals surface area contributed by atoms with Crippen molar-refractivity contribution in [2.24, 2.45) is 5.41 Å². The Morgan fingerprint density at radius 1 is 1.57 bits per heavy atom. The Hall–Kier alpha value is -1.20. The van der Waals surface area contributed by atoms with Crippen molar-refractivity contribution in [3.8, 4) is 0 Å². The molecule has 2 rings (SSSR count). The highest BCUT2D eigenvalue weighted by Crippen LogP contribution is 2.42. The quantitative estimate of drug-likeness (QED) is 0.625. The Balaban J connectivity index is 1.92. The van der Waals surface area contributed by atoms with Crippen molar-refractivity contribution in [1.29, 1.82) is 0 Å². The smallest absolute Gasteiger partial charge is 0.254 e. The molecule has 0 bridgehead atoms. The van der Waals surface area contributed by atoms with Crippen LogP contribution in [0.1, 0.15) is 50.4 Å². The molecule has 0 unspecified atom stereocenters. The van der Waals surface area contributed by atoms with Gasteiger partial charge in [0.05, 0.1) is 11.7 Å². The number of aromatic nitrogens is 1. The highest BCUT2D eigenvalue weighted by molar-refractivity contribution is 7.71. The molecule has 1 aromatic rings. The molecule has 0 radical (unpaired) electrons. The van der Waals surface area contributed by atoms with E-state index in [0.29, 0.717) is 10.2 Å². The maximum Gasteiger partial charge on any atom is 0.254 e. The van der Waals surface area contributed by atoms with Gasteiger partial charge >= 0.3 is 0 Å². The van der Waals surface area contributed by atoms with Crippen molar-refractivity contribution in [1.82, 2.24) is 10.3 Å². The van der Waals surface area contributed by atoms with Gasteiger partial charge in [0.15, 0.2) is 0 Å². The highest BCUT2D eigenvalue weighted by Gasteiger charge is 2.49. The molecule has 1 aliphatic carbocycles. The van der Waals surface area contributed by atoms with Gasteiger partial charge in [-0.1, -0.05) is 39.4 Å². The van der Waals surface area contributed by atoms with Gasteiger partial charge in [0.25, 0.3) is 5.91 Å². The number of carbonyl (C=O) groups excluding carboxylic acids is 1. The summed E-state index contributed by atoms with van der Waals surface area (Å²) in [6.45, 7) is 7.24. The molecule has 0 aliphatic heterocycles. The highest BCUT2D eigenvalue weighted by atomic mass is 32.1. The molecule has 1 saturated carbocycles. The van der Waals surface area contributed by atoms with E-state index in [2.05, 4.69) is 31.1 Å². The van der Waals surface area contributed by atoms with Crippen molar-refractivity contribution in [3.63, 3.8) is 0 Å². The lowest BCUT2D eigenvalue weighted by Gasteiger charge is -2.51. The standard InChI is InChI=1S/C16H24N2O2S/c1-4-5-9-20-13-10-12(16(13,2)3)18-14(19)11-7-6-8-17-15(11)21/h6-8,12-13H,4-5,9-10H2,1-3H3,(H,17,21)(H,18,19)/t12-,13+/m0/s1. The zero-order chi connectivity index (χ0) is 15.5. The summed E-state index contributed by atoms with van der Waals surface area (Å²) in [5.41, 5.74) is 0.488. The van der Waals surface area contributed by atoms with Crippen LogP contribution < -0.4 is 5.32 Å². The summed E-state index contributed by atoms with van der Waals surface area (Å²) < 4.78 is 6.37. The fourth-order valence-electron chi connectivity index (χ4n) is 2.62. The first-order valence-electron chi connectivity index (χ1n) is 7.57. The minimum Gasteiger partial charge on any atom is -0.378 e. The molecule has 2 atom stereocenters. The van der Waals surface area contributed by atoms with Gasteiger partial charge in [0.2, 0.25) is 0 Å². The summed E-state index contributed by atoms with van der Waals surface area (Å²) >= 11 is 5.15. The van der Waals surface area contributed by atoms with Crippen LogP contribution in [0.25, 0.3) is 0 Å². The molecule has 1 fully saturated rings. The van der Waals surface area contributed by atoms with Crippen molar-refractivity contribution in [3.05, 3.63) is 28.5 Å². The Morgan fingerprint density at radius 2 is 2.33 bits per heavy atom. The van der Waals surface area contributed by atoms with Gasteiger partial charge in [-0.15, -0.1) is 0 Å². The number of unbranched alkanes of at least 4 members (excludes halogenated alkanes) is 1. The normalized spacial score (nSPS) is 23.4. The number of aromatic amines is 1. The topological polar surface area (TPSA) is 54.1 Å². The van der Waals surface area contributed by atoms with Crippen molar-refractivity contribution in [2.75, 3.05) is 6.61 Å². The third-order valence-electron chi connectivity index (χ3n) is 4.36. The number of H-pyrrole nitrogens is 1. The molecule has 0 spiro atoms. The third kappa shape index (κ3) is 3.52. The number of nitrogens with one attached hydrogen (secondary N) is 2. The van der Waals surface area contributed by atoms with E-state index >= 15 is 0 Å². The summed E-state index contributed by atoms with van der Waals surface area (Å²) in [6.07, 6.45) is 5.04. The SMILES string of the molecule is CCCCO[C@@H]1C[C@H](NC(=O)c2ccc[nH]c2=S)C1(C)C. The lowest BCUT2D eigenvalue weighted by Crippen LogP contribution is -2.62. The van der Waals surface area contributed by atoms with Crippen LogP contribution in [0, 0.1) is 10.1 Å². The molecule has 1 heterocycles. The lowest BCUT2D eigenvalue weighted by atomic mass is 9.64. The van der Waals surface area contributed by atoms with E-state index in [1.807, 2.05) is 0 Å². The average molecular weight is 308 g/mol. The zero-order valence-corrected chi connectivity index (χ0v) is 13.8. The summed E-state index contributed by atoms with van der Waals surface area (Å²) in [4.78, 5) is 15.2. The molecular formula is C16H24N2O2S. The van der Waals surface area contributed by atoms with Crippen LogP contribution in [0.4, 0.5) is 0 Å². The largest absolute Gasteiger partial charge is 0.378 e. The van der Waals surface area contributed by atoms with E-state index in [-0.39, 0.29) is 23.5 Å². The Kier molecular flexibility index (Phi) is 5.17. The fourth-order valence-corrected chi connectivity index (χ4v) is 2.85. The summed E-state index contributed by atoms with van der Waals surface area (Å²) in [6, 6.07) is 3.66. The van der Waals surface area contributed by atoms with Gasteiger partial charge in [-0.25, -0.2) is 0 Å². The minimum absolute atomic E-state index is 0.0382. The zero-order valence-electron chi connectivity index (χ0n) is 12.9. The maximum atomic E-state index is 12.3. The van der Waals surface area contributed by atoms with Gasteiger partial charge in [-0.2, -0.15) is 0 Å². The molecule has 116 valence electrons. The Morgan fingerprint density at radius 3 is 2.95 bits per heavy atom. The first-order valence-corrected chi connectivity index (χ1v) is 7.97. The Labute approximate surface area is 131 Å². The van der Waals surface area contributed by atoms with Crippen LogP contribution in [0.3, 0.4) is 0 Å². The number of hydrogen-bond donors (Lipinski definition) is 2. The average Bonchev–Trinajstić information content (AvgIpc) is 2.45. The molecule has 1 aromatic heterocycles. The molecule has 4 nitrogen and oxygen atoms in total. The second-order valence-electron chi connectivity index (χ2n) is 6.21. The molecule has 2 N–H and O–H groups in total. The molecule has 21 heavy (non-hydrogen) atoms. The fraction of sp³-hybridized carbons (Fsp3) is 0.625. The number of ether oxygens (including phenoxy) is 1. The predicted molar refractivity (Wildman–Crippen MR) is 85.9 cm³/mol. The van der Waals surface area contributed by atoms with E-state index in [0.717, 1.165) is 25.9 Å². The summed E-state index contributed by atoms with van der Waals surface area (Å²) in [5, 5.41) is 3.08. The van der Waals surface area contributed by atoms with E-state index in [1.165, 1.54) is 0 Å². The maximum absolute atomic E-state index is 12.3. The van der Waals surface area contributed by atoms with Gasteiger partial charge in [-0.3, -0.25) is 4.79 Å². The summed E-state index contributed by atoms with van der Waals surface area (Å²) in [5.74, 6) is -0.109.